The standard InChI is InChI=1S/C17H15N2O2/c1-2-14(13-18)17(19(20)21,15-9-5-3-6-10-15)16-11-7-4-8-12-16/h3-12H,2H2,1H3. The van der Waals surface area contributed by atoms with E-state index in [9.17, 15) is 15.4 Å². The molecule has 0 bridgehead atoms. The monoisotopic (exact) mass is 279 g/mol. The molecule has 0 saturated heterocycles. The van der Waals surface area contributed by atoms with Crippen LogP contribution in [0.2, 0.25) is 0 Å². The van der Waals surface area contributed by atoms with Crippen molar-refractivity contribution in [3.05, 3.63) is 87.8 Å². The van der Waals surface area contributed by atoms with Crippen molar-refractivity contribution in [3.8, 4) is 6.07 Å². The lowest BCUT2D eigenvalue weighted by Crippen LogP contribution is -2.42. The first-order chi connectivity index (χ1) is 10.2. The largest absolute Gasteiger partial charge is 0.292 e. The maximum absolute atomic E-state index is 12.0. The van der Waals surface area contributed by atoms with E-state index < -0.39 is 5.54 Å². The fourth-order valence-corrected chi connectivity index (χ4v) is 2.61. The van der Waals surface area contributed by atoms with Crippen molar-refractivity contribution in [1.29, 1.82) is 5.26 Å². The molecule has 2 rings (SSSR count). The third-order valence-corrected chi connectivity index (χ3v) is 3.58. The van der Waals surface area contributed by atoms with Gasteiger partial charge in [0.15, 0.2) is 5.92 Å². The molecule has 0 heterocycles. The zero-order valence-electron chi connectivity index (χ0n) is 11.7. The van der Waals surface area contributed by atoms with Gasteiger partial charge in [0.2, 0.25) is 0 Å². The Kier molecular flexibility index (Phi) is 4.34. The van der Waals surface area contributed by atoms with E-state index in [4.69, 9.17) is 0 Å². The van der Waals surface area contributed by atoms with Crippen molar-refractivity contribution in [2.24, 2.45) is 0 Å². The summed E-state index contributed by atoms with van der Waals surface area (Å²) in [5.74, 6) is 0.227. The molecule has 2 aromatic rings. The average molecular weight is 279 g/mol. The van der Waals surface area contributed by atoms with Crippen LogP contribution in [0.1, 0.15) is 24.5 Å². The highest BCUT2D eigenvalue weighted by atomic mass is 16.6. The van der Waals surface area contributed by atoms with Gasteiger partial charge in [-0.1, -0.05) is 67.6 Å². The maximum Gasteiger partial charge on any atom is 0.292 e. The van der Waals surface area contributed by atoms with Crippen molar-refractivity contribution in [1.82, 2.24) is 0 Å². The molecule has 0 unspecified atom stereocenters. The number of hydrogen-bond acceptors (Lipinski definition) is 3. The lowest BCUT2D eigenvalue weighted by atomic mass is 9.73. The fourth-order valence-electron chi connectivity index (χ4n) is 2.61. The summed E-state index contributed by atoms with van der Waals surface area (Å²) in [6.45, 7) is 1.77. The van der Waals surface area contributed by atoms with Crippen molar-refractivity contribution >= 4 is 0 Å². The maximum atomic E-state index is 12.0. The van der Waals surface area contributed by atoms with Gasteiger partial charge < -0.3 is 0 Å². The number of rotatable bonds is 5. The molecule has 4 heteroatoms. The molecule has 0 N–H and O–H groups in total. The van der Waals surface area contributed by atoms with Crippen molar-refractivity contribution in [2.75, 3.05) is 0 Å². The Balaban J connectivity index is 2.80. The SMILES string of the molecule is CC[C](C#N)C(c1ccccc1)(c1ccccc1)[N+](=O)[O-]. The highest BCUT2D eigenvalue weighted by Crippen LogP contribution is 2.42. The Morgan fingerprint density at radius 3 is 1.81 bits per heavy atom. The molecule has 0 atom stereocenters. The molecule has 2 aromatic carbocycles. The summed E-state index contributed by atoms with van der Waals surface area (Å²) in [5.41, 5.74) is -0.620. The molecule has 0 aliphatic heterocycles. The van der Waals surface area contributed by atoms with Gasteiger partial charge in [0.05, 0.1) is 6.07 Å². The van der Waals surface area contributed by atoms with E-state index in [1.807, 2.05) is 6.07 Å². The molecule has 0 aliphatic rings. The number of nitrogens with zero attached hydrogens (tertiary/aromatic N) is 2. The fraction of sp³-hybridized carbons (Fsp3) is 0.176. The summed E-state index contributed by atoms with van der Waals surface area (Å²) < 4.78 is 0. The summed E-state index contributed by atoms with van der Waals surface area (Å²) in [5, 5.41) is 21.5. The first-order valence-electron chi connectivity index (χ1n) is 6.69. The van der Waals surface area contributed by atoms with Gasteiger partial charge in [-0.25, -0.2) is 0 Å². The Bertz CT molecular complexity index is 608. The van der Waals surface area contributed by atoms with Crippen LogP contribution in [0, 0.1) is 27.4 Å². The van der Waals surface area contributed by atoms with Crippen molar-refractivity contribution in [3.63, 3.8) is 0 Å². The molecule has 105 valence electrons. The third-order valence-electron chi connectivity index (χ3n) is 3.58. The molecule has 0 aromatic heterocycles. The molecule has 0 amide bonds. The summed E-state index contributed by atoms with van der Waals surface area (Å²) in [4.78, 5) is 11.7. The van der Waals surface area contributed by atoms with Crippen LogP contribution in [-0.4, -0.2) is 4.92 Å². The zero-order valence-corrected chi connectivity index (χ0v) is 11.7. The van der Waals surface area contributed by atoms with Gasteiger partial charge in [-0.2, -0.15) is 5.26 Å². The lowest BCUT2D eigenvalue weighted by Gasteiger charge is -2.29. The minimum atomic E-state index is -1.62. The van der Waals surface area contributed by atoms with Gasteiger partial charge in [0.1, 0.15) is 0 Å². The molecule has 1 radical (unpaired) electrons. The smallest absolute Gasteiger partial charge is 0.263 e. The van der Waals surface area contributed by atoms with Gasteiger partial charge in [0, 0.05) is 16.1 Å². The van der Waals surface area contributed by atoms with E-state index >= 15 is 0 Å². The molecule has 0 fully saturated rings. The van der Waals surface area contributed by atoms with Gasteiger partial charge >= 0.3 is 0 Å². The van der Waals surface area contributed by atoms with Crippen LogP contribution in [0.3, 0.4) is 0 Å². The van der Waals surface area contributed by atoms with E-state index in [1.165, 1.54) is 0 Å². The molecule has 21 heavy (non-hydrogen) atoms. The van der Waals surface area contributed by atoms with E-state index in [-0.39, 0.29) is 10.8 Å². The van der Waals surface area contributed by atoms with E-state index in [0.29, 0.717) is 17.5 Å². The molecule has 4 nitrogen and oxygen atoms in total. The topological polar surface area (TPSA) is 66.9 Å². The van der Waals surface area contributed by atoms with E-state index in [0.717, 1.165) is 0 Å². The molecule has 0 saturated carbocycles. The minimum absolute atomic E-state index is 0.227. The Morgan fingerprint density at radius 2 is 1.52 bits per heavy atom. The van der Waals surface area contributed by atoms with E-state index in [2.05, 4.69) is 0 Å². The van der Waals surface area contributed by atoms with Crippen LogP contribution >= 0.6 is 0 Å². The van der Waals surface area contributed by atoms with Crippen molar-refractivity contribution < 1.29 is 4.92 Å². The normalized spacial score (nSPS) is 11.1. The van der Waals surface area contributed by atoms with Gasteiger partial charge in [0.25, 0.3) is 5.54 Å². The van der Waals surface area contributed by atoms with Gasteiger partial charge in [-0.05, 0) is 6.42 Å². The van der Waals surface area contributed by atoms with Crippen molar-refractivity contribution in [2.45, 2.75) is 18.9 Å². The highest BCUT2D eigenvalue weighted by molar-refractivity contribution is 5.46. The van der Waals surface area contributed by atoms with Crippen LogP contribution in [0.25, 0.3) is 0 Å². The summed E-state index contributed by atoms with van der Waals surface area (Å²) in [6.07, 6.45) is 0.321. The summed E-state index contributed by atoms with van der Waals surface area (Å²) >= 11 is 0. The number of nitriles is 1. The van der Waals surface area contributed by atoms with Crippen LogP contribution in [0.4, 0.5) is 0 Å². The van der Waals surface area contributed by atoms with Crippen LogP contribution in [0.15, 0.2) is 60.7 Å². The second kappa shape index (κ2) is 6.19. The van der Waals surface area contributed by atoms with Crippen LogP contribution < -0.4 is 0 Å². The quantitative estimate of drug-likeness (QED) is 0.619. The minimum Gasteiger partial charge on any atom is -0.263 e. The van der Waals surface area contributed by atoms with Crippen LogP contribution in [-0.2, 0) is 5.54 Å². The summed E-state index contributed by atoms with van der Waals surface area (Å²) in [6, 6.07) is 19.4. The molecule has 0 spiro atoms. The van der Waals surface area contributed by atoms with E-state index in [1.54, 1.807) is 67.6 Å². The Hall–Kier alpha value is -2.67. The second-order valence-corrected chi connectivity index (χ2v) is 4.64. The molecular formula is C17H15N2O2. The Morgan fingerprint density at radius 1 is 1.10 bits per heavy atom. The summed E-state index contributed by atoms with van der Waals surface area (Å²) in [7, 11) is 0. The van der Waals surface area contributed by atoms with Crippen LogP contribution in [0.5, 0.6) is 0 Å². The highest BCUT2D eigenvalue weighted by Gasteiger charge is 2.54. The predicted molar refractivity (Wildman–Crippen MR) is 79.8 cm³/mol. The first-order valence-corrected chi connectivity index (χ1v) is 6.69. The van der Waals surface area contributed by atoms with Gasteiger partial charge in [-0.3, -0.25) is 10.1 Å². The van der Waals surface area contributed by atoms with Gasteiger partial charge in [-0.15, -0.1) is 0 Å². The number of nitro groups is 1. The molecule has 0 aliphatic carbocycles. The number of benzene rings is 2. The Labute approximate surface area is 123 Å². The average Bonchev–Trinajstić information content (AvgIpc) is 2.53. The molecular weight excluding hydrogens is 264 g/mol. The zero-order chi connectivity index (χ0) is 15.3. The second-order valence-electron chi connectivity index (χ2n) is 4.64. The number of hydrogen-bond donors (Lipinski definition) is 0. The third kappa shape index (κ3) is 2.38. The lowest BCUT2D eigenvalue weighted by molar-refractivity contribution is -0.559. The first kappa shape index (κ1) is 14.7. The predicted octanol–water partition coefficient (Wildman–Crippen LogP) is 3.71.